The summed E-state index contributed by atoms with van der Waals surface area (Å²) < 4.78 is 16.3. The Morgan fingerprint density at radius 1 is 0.771 bits per heavy atom. The fraction of sp³-hybridized carbons (Fsp3) is 0.629. The van der Waals surface area contributed by atoms with Crippen molar-refractivity contribution in [2.75, 3.05) is 6.54 Å². The first-order valence-electron chi connectivity index (χ1n) is 16.5. The summed E-state index contributed by atoms with van der Waals surface area (Å²) in [7, 11) is 0. The van der Waals surface area contributed by atoms with E-state index in [0.29, 0.717) is 25.8 Å². The lowest BCUT2D eigenvalue weighted by molar-refractivity contribution is -0.159. The number of rotatable bonds is 15. The molecule has 0 aliphatic carbocycles. The third-order valence-electron chi connectivity index (χ3n) is 6.72. The average molecular weight is 674 g/mol. The van der Waals surface area contributed by atoms with Crippen molar-refractivity contribution in [1.29, 1.82) is 0 Å². The van der Waals surface area contributed by atoms with Gasteiger partial charge in [0.25, 0.3) is 0 Å². The molecule has 3 atom stereocenters. The van der Waals surface area contributed by atoms with Gasteiger partial charge in [-0.3, -0.25) is 9.59 Å². The second-order valence-corrected chi connectivity index (χ2v) is 14.9. The Morgan fingerprint density at radius 2 is 1.31 bits per heavy atom. The number of H-pyrrole nitrogens is 1. The van der Waals surface area contributed by atoms with Gasteiger partial charge in [-0.05, 0) is 106 Å². The molecule has 0 bridgehead atoms. The number of hydrogen-bond donors (Lipinski definition) is 5. The lowest BCUT2D eigenvalue weighted by Crippen LogP contribution is -2.53. The van der Waals surface area contributed by atoms with Gasteiger partial charge >= 0.3 is 23.9 Å². The molecule has 13 heteroatoms. The fourth-order valence-corrected chi connectivity index (χ4v) is 4.70. The summed E-state index contributed by atoms with van der Waals surface area (Å²) in [6.45, 7) is 15.7. The number of amides is 3. The third kappa shape index (κ3) is 15.2. The van der Waals surface area contributed by atoms with Gasteiger partial charge in [-0.2, -0.15) is 0 Å². The highest BCUT2D eigenvalue weighted by Gasteiger charge is 2.31. The van der Waals surface area contributed by atoms with E-state index in [2.05, 4.69) is 20.9 Å². The Kier molecular flexibility index (Phi) is 14.5. The molecule has 0 saturated carbocycles. The van der Waals surface area contributed by atoms with Gasteiger partial charge in [0.1, 0.15) is 28.9 Å². The van der Waals surface area contributed by atoms with Crippen molar-refractivity contribution >= 4 is 40.7 Å². The van der Waals surface area contributed by atoms with Gasteiger partial charge in [-0.15, -0.1) is 0 Å². The number of aromatic nitrogens is 1. The molecule has 0 aliphatic heterocycles. The molecule has 2 aromatic rings. The number of fused-ring (bicyclic) bond motifs is 1. The minimum atomic E-state index is -1.18. The van der Waals surface area contributed by atoms with Crippen LogP contribution in [0, 0.1) is 0 Å². The van der Waals surface area contributed by atoms with Crippen LogP contribution in [-0.2, 0) is 39.8 Å². The summed E-state index contributed by atoms with van der Waals surface area (Å²) in [6.07, 6.45) is 3.17. The molecule has 13 nitrogen and oxygen atoms in total. The molecule has 268 valence electrons. The number of esters is 3. The van der Waals surface area contributed by atoms with Gasteiger partial charge in [-0.1, -0.05) is 18.2 Å². The SMILES string of the molecule is CC(C)(C)OC(=O)CC[C@H](NC(=O)N[C@@H](CCCCNC(=O)[C@@H](N)Cc1c[nH]c2ccccc12)C(=O)OC(C)(C)C)C(=O)OC(C)(C)C. The molecule has 0 aliphatic rings. The Balaban J connectivity index is 1.97. The maximum absolute atomic E-state index is 13.1. The number of benzene rings is 1. The van der Waals surface area contributed by atoms with Gasteiger partial charge in [0.2, 0.25) is 5.91 Å². The summed E-state index contributed by atoms with van der Waals surface area (Å²) >= 11 is 0. The Morgan fingerprint density at radius 3 is 1.88 bits per heavy atom. The number of aromatic amines is 1. The van der Waals surface area contributed by atoms with Crippen LogP contribution in [-0.4, -0.2) is 76.3 Å². The van der Waals surface area contributed by atoms with Crippen molar-refractivity contribution in [2.24, 2.45) is 5.73 Å². The standard InChI is InChI=1S/C35H55N5O8/c1-33(2,3)46-28(41)18-17-27(31(44)48-35(7,8)9)40-32(45)39-26(30(43)47-34(4,5)6)16-12-13-19-37-29(42)24(36)20-22-21-38-25-15-11-10-14-23(22)25/h10-11,14-15,21,24,26-27,38H,12-13,16-20,36H2,1-9H3,(H,37,42)(H2,39,40,45)/t24-,26-,27-/m0/s1. The van der Waals surface area contributed by atoms with Crippen LogP contribution in [0.2, 0.25) is 0 Å². The third-order valence-corrected chi connectivity index (χ3v) is 6.72. The van der Waals surface area contributed by atoms with E-state index in [-0.39, 0.29) is 25.2 Å². The van der Waals surface area contributed by atoms with Crippen molar-refractivity contribution in [2.45, 2.75) is 136 Å². The zero-order valence-electron chi connectivity index (χ0n) is 29.9. The molecule has 0 fully saturated rings. The maximum atomic E-state index is 13.1. The summed E-state index contributed by atoms with van der Waals surface area (Å²) in [4.78, 5) is 67.3. The number of nitrogens with one attached hydrogen (secondary N) is 4. The summed E-state index contributed by atoms with van der Waals surface area (Å²) in [5.74, 6) is -2.20. The molecule has 1 heterocycles. The van der Waals surface area contributed by atoms with Crippen molar-refractivity contribution in [3.8, 4) is 0 Å². The number of urea groups is 1. The lowest BCUT2D eigenvalue weighted by atomic mass is 10.0. The van der Waals surface area contributed by atoms with Crippen molar-refractivity contribution in [3.63, 3.8) is 0 Å². The molecular weight excluding hydrogens is 618 g/mol. The van der Waals surface area contributed by atoms with Crippen LogP contribution in [0.25, 0.3) is 10.9 Å². The normalized spacial score (nSPS) is 14.0. The van der Waals surface area contributed by atoms with E-state index in [1.54, 1.807) is 62.3 Å². The van der Waals surface area contributed by atoms with Crippen LogP contribution in [0.4, 0.5) is 4.79 Å². The Hall–Kier alpha value is -4.13. The second-order valence-electron chi connectivity index (χ2n) is 14.9. The highest BCUT2D eigenvalue weighted by molar-refractivity contribution is 5.88. The molecule has 3 amide bonds. The first kappa shape index (κ1) is 40.0. The molecule has 1 aromatic heterocycles. The van der Waals surface area contributed by atoms with Crippen LogP contribution in [0.15, 0.2) is 30.5 Å². The summed E-state index contributed by atoms with van der Waals surface area (Å²) in [6, 6.07) is 4.03. The minimum absolute atomic E-state index is 0.0729. The second kappa shape index (κ2) is 17.3. The lowest BCUT2D eigenvalue weighted by Gasteiger charge is -2.27. The summed E-state index contributed by atoms with van der Waals surface area (Å²) in [5, 5.41) is 9.02. The van der Waals surface area contributed by atoms with E-state index in [4.69, 9.17) is 19.9 Å². The Labute approximate surface area is 283 Å². The van der Waals surface area contributed by atoms with E-state index in [0.717, 1.165) is 16.5 Å². The molecule has 0 radical (unpaired) electrons. The zero-order chi connectivity index (χ0) is 36.3. The van der Waals surface area contributed by atoms with Crippen molar-refractivity contribution < 1.29 is 38.2 Å². The minimum Gasteiger partial charge on any atom is -0.460 e. The molecule has 1 aromatic carbocycles. The van der Waals surface area contributed by atoms with Gasteiger partial charge in [0.05, 0.1) is 6.04 Å². The van der Waals surface area contributed by atoms with Crippen LogP contribution < -0.4 is 21.7 Å². The summed E-state index contributed by atoms with van der Waals surface area (Å²) in [5.41, 5.74) is 5.74. The molecule has 2 rings (SSSR count). The molecule has 6 N–H and O–H groups in total. The molecule has 0 saturated heterocycles. The first-order chi connectivity index (χ1) is 22.1. The number of para-hydroxylation sites is 1. The number of nitrogens with two attached hydrogens (primary N) is 1. The number of carbonyl (C=O) groups excluding carboxylic acids is 5. The number of carbonyl (C=O) groups is 5. The van der Waals surface area contributed by atoms with Crippen molar-refractivity contribution in [1.82, 2.24) is 20.9 Å². The highest BCUT2D eigenvalue weighted by Crippen LogP contribution is 2.19. The van der Waals surface area contributed by atoms with Crippen LogP contribution >= 0.6 is 0 Å². The van der Waals surface area contributed by atoms with Crippen LogP contribution in [0.1, 0.15) is 100.0 Å². The Bertz CT molecular complexity index is 1400. The smallest absolute Gasteiger partial charge is 0.329 e. The van der Waals surface area contributed by atoms with Gasteiger partial charge in [-0.25, -0.2) is 14.4 Å². The molecule has 0 spiro atoms. The monoisotopic (exact) mass is 673 g/mol. The quantitative estimate of drug-likeness (QED) is 0.105. The van der Waals surface area contributed by atoms with E-state index < -0.39 is 58.9 Å². The van der Waals surface area contributed by atoms with E-state index in [1.807, 2.05) is 30.5 Å². The predicted molar refractivity (Wildman–Crippen MR) is 183 cm³/mol. The van der Waals surface area contributed by atoms with E-state index in [1.165, 1.54) is 0 Å². The largest absolute Gasteiger partial charge is 0.460 e. The first-order valence-corrected chi connectivity index (χ1v) is 16.5. The molecular formula is C35H55N5O8. The average Bonchev–Trinajstić information content (AvgIpc) is 3.34. The molecule has 48 heavy (non-hydrogen) atoms. The van der Waals surface area contributed by atoms with Crippen molar-refractivity contribution in [3.05, 3.63) is 36.0 Å². The van der Waals surface area contributed by atoms with E-state index >= 15 is 0 Å². The topological polar surface area (TPSA) is 191 Å². The van der Waals surface area contributed by atoms with Gasteiger partial charge in [0.15, 0.2) is 0 Å². The number of ether oxygens (including phenoxy) is 3. The highest BCUT2D eigenvalue weighted by atomic mass is 16.6. The zero-order valence-corrected chi connectivity index (χ0v) is 29.9. The van der Waals surface area contributed by atoms with Gasteiger partial charge < -0.3 is 40.9 Å². The number of hydrogen-bond acceptors (Lipinski definition) is 9. The maximum Gasteiger partial charge on any atom is 0.329 e. The molecule has 0 unspecified atom stereocenters. The fourth-order valence-electron chi connectivity index (χ4n) is 4.70. The van der Waals surface area contributed by atoms with Crippen LogP contribution in [0.3, 0.4) is 0 Å². The van der Waals surface area contributed by atoms with Gasteiger partial charge in [0, 0.05) is 30.1 Å². The van der Waals surface area contributed by atoms with E-state index in [9.17, 15) is 24.0 Å². The van der Waals surface area contributed by atoms with Crippen LogP contribution in [0.5, 0.6) is 0 Å². The predicted octanol–water partition coefficient (Wildman–Crippen LogP) is 4.17. The number of unbranched alkanes of at least 4 members (excludes halogenated alkanes) is 1.